The summed E-state index contributed by atoms with van der Waals surface area (Å²) in [5.41, 5.74) is 0. The molecule has 0 aliphatic carbocycles. The molecule has 0 aromatic heterocycles. The molecule has 0 radical (unpaired) electrons. The Balaban J connectivity index is 2.95. The van der Waals surface area contributed by atoms with Gasteiger partial charge in [-0.15, -0.1) is 0 Å². The van der Waals surface area contributed by atoms with Gasteiger partial charge in [-0.1, -0.05) is 60.1 Å². The van der Waals surface area contributed by atoms with Crippen molar-refractivity contribution in [2.75, 3.05) is 5.75 Å². The summed E-state index contributed by atoms with van der Waals surface area (Å²) in [4.78, 5) is 0.844. The van der Waals surface area contributed by atoms with E-state index in [2.05, 4.69) is 0 Å². The predicted octanol–water partition coefficient (Wildman–Crippen LogP) is 3.82. The second-order valence-electron chi connectivity index (χ2n) is 2.87. The lowest BCUT2D eigenvalue weighted by Gasteiger charge is -2.03. The van der Waals surface area contributed by atoms with E-state index in [0.717, 1.165) is 16.7 Å². The van der Waals surface area contributed by atoms with Crippen LogP contribution in [0.1, 0.15) is 6.92 Å². The Morgan fingerprint density at radius 1 is 1.25 bits per heavy atom. The lowest BCUT2D eigenvalue weighted by atomic mass is 10.4. The van der Waals surface area contributed by atoms with Crippen LogP contribution in [0.15, 0.2) is 44.0 Å². The molecule has 16 heavy (non-hydrogen) atoms. The van der Waals surface area contributed by atoms with Crippen molar-refractivity contribution in [2.45, 2.75) is 11.8 Å². The zero-order chi connectivity index (χ0) is 12.2. The maximum absolute atomic E-state index is 11.4. The third kappa shape index (κ3) is 3.70. The molecule has 0 unspecified atom stereocenters. The first-order chi connectivity index (χ1) is 7.47. The van der Waals surface area contributed by atoms with Crippen molar-refractivity contribution in [3.63, 3.8) is 0 Å². The van der Waals surface area contributed by atoms with Crippen LogP contribution < -0.4 is 0 Å². The fourth-order valence-corrected chi connectivity index (χ4v) is 3.53. The number of halogens is 2. The first-order valence-corrected chi connectivity index (χ1v) is 7.70. The van der Waals surface area contributed by atoms with Crippen molar-refractivity contribution < 1.29 is 8.42 Å². The molecule has 0 saturated heterocycles. The van der Waals surface area contributed by atoms with Gasteiger partial charge >= 0.3 is 0 Å². The van der Waals surface area contributed by atoms with E-state index in [1.165, 1.54) is 6.92 Å². The Morgan fingerprint density at radius 3 is 2.31 bits per heavy atom. The summed E-state index contributed by atoms with van der Waals surface area (Å²) in [6.07, 6.45) is 0. The molecule has 0 saturated carbocycles. The third-order valence-electron chi connectivity index (χ3n) is 1.76. The van der Waals surface area contributed by atoms with Gasteiger partial charge in [0.25, 0.3) is 0 Å². The minimum Gasteiger partial charge on any atom is -0.223 e. The van der Waals surface area contributed by atoms with E-state index < -0.39 is 9.84 Å². The van der Waals surface area contributed by atoms with Gasteiger partial charge in [0.1, 0.15) is 4.36 Å². The molecule has 0 amide bonds. The van der Waals surface area contributed by atoms with Crippen LogP contribution in [0.5, 0.6) is 0 Å². The number of rotatable bonds is 4. The monoisotopic (exact) mass is 296 g/mol. The SMILES string of the molecule is CCS(=O)(=O)/C(Cl)=C(\Cl)Sc1ccccc1. The van der Waals surface area contributed by atoms with Crippen molar-refractivity contribution in [2.24, 2.45) is 0 Å². The summed E-state index contributed by atoms with van der Waals surface area (Å²) in [6, 6.07) is 9.21. The molecule has 0 atom stereocenters. The molecule has 0 aliphatic heterocycles. The van der Waals surface area contributed by atoms with Crippen LogP contribution in [0.25, 0.3) is 0 Å². The number of thioether (sulfide) groups is 1. The fourth-order valence-electron chi connectivity index (χ4n) is 0.881. The van der Waals surface area contributed by atoms with Crippen LogP contribution in [0.4, 0.5) is 0 Å². The molecular weight excluding hydrogens is 287 g/mol. The largest absolute Gasteiger partial charge is 0.223 e. The van der Waals surface area contributed by atoms with E-state index in [1.54, 1.807) is 0 Å². The topological polar surface area (TPSA) is 34.1 Å². The van der Waals surface area contributed by atoms with Gasteiger partial charge in [-0.05, 0) is 12.1 Å². The molecule has 0 N–H and O–H groups in total. The molecule has 88 valence electrons. The second-order valence-corrected chi connectivity index (χ2v) is 7.37. The molecule has 1 aromatic rings. The van der Waals surface area contributed by atoms with E-state index in [-0.39, 0.29) is 14.5 Å². The molecule has 2 nitrogen and oxygen atoms in total. The second kappa shape index (κ2) is 5.96. The average Bonchev–Trinajstić information content (AvgIpc) is 2.29. The zero-order valence-electron chi connectivity index (χ0n) is 8.48. The Hall–Kier alpha value is -0.160. The normalized spacial score (nSPS) is 13.4. The highest BCUT2D eigenvalue weighted by atomic mass is 35.5. The van der Waals surface area contributed by atoms with E-state index in [4.69, 9.17) is 23.2 Å². The van der Waals surface area contributed by atoms with E-state index in [0.29, 0.717) is 0 Å². The smallest absolute Gasteiger partial charge is 0.190 e. The molecule has 0 heterocycles. The standard InChI is InChI=1S/C10H10Cl2O2S2/c1-2-16(13,14)10(12)9(11)15-8-6-4-3-5-7-8/h3-7H,2H2,1H3/b10-9+. The Labute approximate surface area is 110 Å². The van der Waals surface area contributed by atoms with Crippen molar-refractivity contribution in [1.29, 1.82) is 0 Å². The van der Waals surface area contributed by atoms with Crippen LogP contribution in [-0.4, -0.2) is 14.2 Å². The Morgan fingerprint density at radius 2 is 1.81 bits per heavy atom. The number of sulfone groups is 1. The highest BCUT2D eigenvalue weighted by molar-refractivity contribution is 8.06. The quantitative estimate of drug-likeness (QED) is 0.792. The first kappa shape index (κ1) is 13.9. The van der Waals surface area contributed by atoms with Gasteiger partial charge in [-0.3, -0.25) is 0 Å². The molecular formula is C10H10Cl2O2S2. The third-order valence-corrected chi connectivity index (χ3v) is 5.92. The maximum Gasteiger partial charge on any atom is 0.190 e. The van der Waals surface area contributed by atoms with Gasteiger partial charge < -0.3 is 0 Å². The van der Waals surface area contributed by atoms with Crippen molar-refractivity contribution in [3.05, 3.63) is 39.1 Å². The van der Waals surface area contributed by atoms with Gasteiger partial charge in [0.05, 0.1) is 5.75 Å². The van der Waals surface area contributed by atoms with Crippen molar-refractivity contribution in [1.82, 2.24) is 0 Å². The average molecular weight is 297 g/mol. The summed E-state index contributed by atoms with van der Waals surface area (Å²) in [6.45, 7) is 1.52. The lowest BCUT2D eigenvalue weighted by molar-refractivity contribution is 0.605. The summed E-state index contributed by atoms with van der Waals surface area (Å²) < 4.78 is 22.7. The maximum atomic E-state index is 11.4. The Kier molecular flexibility index (Phi) is 5.18. The Bertz CT molecular complexity index is 481. The summed E-state index contributed by atoms with van der Waals surface area (Å²) >= 11 is 12.7. The van der Waals surface area contributed by atoms with Crippen LogP contribution in [0.3, 0.4) is 0 Å². The highest BCUT2D eigenvalue weighted by Crippen LogP contribution is 2.35. The van der Waals surface area contributed by atoms with Crippen molar-refractivity contribution >= 4 is 44.8 Å². The van der Waals surface area contributed by atoms with Gasteiger partial charge in [-0.25, -0.2) is 8.42 Å². The molecule has 0 fully saturated rings. The van der Waals surface area contributed by atoms with E-state index in [9.17, 15) is 8.42 Å². The molecule has 0 bridgehead atoms. The summed E-state index contributed by atoms with van der Waals surface area (Å²) in [5.74, 6) is -0.0581. The van der Waals surface area contributed by atoms with E-state index >= 15 is 0 Å². The molecule has 0 aliphatic rings. The van der Waals surface area contributed by atoms with Gasteiger partial charge in [0.15, 0.2) is 14.2 Å². The van der Waals surface area contributed by atoms with Gasteiger partial charge in [-0.2, -0.15) is 0 Å². The number of hydrogen-bond donors (Lipinski definition) is 0. The van der Waals surface area contributed by atoms with Crippen LogP contribution in [-0.2, 0) is 9.84 Å². The fraction of sp³-hybridized carbons (Fsp3) is 0.200. The summed E-state index contributed by atoms with van der Waals surface area (Å²) in [5, 5.41) is 0. The zero-order valence-corrected chi connectivity index (χ0v) is 11.6. The molecule has 1 rings (SSSR count). The number of hydrogen-bond acceptors (Lipinski definition) is 3. The first-order valence-electron chi connectivity index (χ1n) is 4.48. The van der Waals surface area contributed by atoms with Gasteiger partial charge in [0, 0.05) is 4.90 Å². The van der Waals surface area contributed by atoms with E-state index in [1.807, 2.05) is 30.3 Å². The minimum absolute atomic E-state index is 0.0581. The lowest BCUT2D eigenvalue weighted by Crippen LogP contribution is -2.02. The predicted molar refractivity (Wildman–Crippen MR) is 70.5 cm³/mol. The van der Waals surface area contributed by atoms with Gasteiger partial charge in [0.2, 0.25) is 0 Å². The van der Waals surface area contributed by atoms with Crippen molar-refractivity contribution in [3.8, 4) is 0 Å². The van der Waals surface area contributed by atoms with Crippen LogP contribution in [0.2, 0.25) is 0 Å². The molecule has 6 heteroatoms. The van der Waals surface area contributed by atoms with Crippen LogP contribution in [0, 0.1) is 0 Å². The van der Waals surface area contributed by atoms with Crippen LogP contribution >= 0.6 is 35.0 Å². The molecule has 1 aromatic carbocycles. The summed E-state index contributed by atoms with van der Waals surface area (Å²) in [7, 11) is -3.43. The highest BCUT2D eigenvalue weighted by Gasteiger charge is 2.17. The number of benzene rings is 1. The minimum atomic E-state index is -3.43. The molecule has 0 spiro atoms.